The van der Waals surface area contributed by atoms with E-state index in [0.29, 0.717) is 0 Å². The minimum atomic E-state index is -0.281. The predicted octanol–water partition coefficient (Wildman–Crippen LogP) is 20.6. The lowest BCUT2D eigenvalue weighted by atomic mass is 9.65. The third-order valence-corrected chi connectivity index (χ3v) is 17.5. The fourth-order valence-corrected chi connectivity index (χ4v) is 13.4. The van der Waals surface area contributed by atoms with Gasteiger partial charge in [0.2, 0.25) is 0 Å². The molecule has 75 heavy (non-hydrogen) atoms. The van der Waals surface area contributed by atoms with Gasteiger partial charge < -0.3 is 9.80 Å². The van der Waals surface area contributed by atoms with Crippen LogP contribution in [0.2, 0.25) is 0 Å². The quantitative estimate of drug-likeness (QED) is 0.150. The minimum absolute atomic E-state index is 0.281. The first-order valence-electron chi connectivity index (χ1n) is 26.1. The molecule has 0 N–H and O–H groups in total. The lowest BCUT2D eigenvalue weighted by Crippen LogP contribution is -2.38. The van der Waals surface area contributed by atoms with Gasteiger partial charge in [-0.2, -0.15) is 0 Å². The van der Waals surface area contributed by atoms with Gasteiger partial charge in [0.25, 0.3) is 0 Å². The number of hydrogen-bond donors (Lipinski definition) is 0. The molecule has 358 valence electrons. The fourth-order valence-electron chi connectivity index (χ4n) is 12.2. The molecule has 2 aliphatic rings. The number of hydrogen-bond acceptors (Lipinski definition) is 3. The van der Waals surface area contributed by atoms with Gasteiger partial charge in [-0.05, 0) is 151 Å². The summed E-state index contributed by atoms with van der Waals surface area (Å²) in [6, 6.07) is 94.4. The second kappa shape index (κ2) is 17.4. The van der Waals surface area contributed by atoms with E-state index in [4.69, 9.17) is 0 Å². The highest BCUT2D eigenvalue weighted by Crippen LogP contribution is 2.61. The highest BCUT2D eigenvalue weighted by Gasteiger charge is 2.46. The Morgan fingerprint density at radius 2 is 0.693 bits per heavy atom. The van der Waals surface area contributed by atoms with Gasteiger partial charge in [-0.25, -0.2) is 0 Å². The third kappa shape index (κ3) is 7.36. The standard InChI is InChI=1S/C72H54N2S/c1-71(2)61-43-54(48-19-10-6-11-20-48)35-41-65(61)74-66-42-36-55(49-21-12-7-13-22-49)44-62(66)72(3,4)64-46-56(45-63(71)69(64)74)53-29-27-50(28-30-53)52-33-39-58(40-34-52)73(57-37-31-51(32-38-57)47-17-8-5-9-18-47)67-25-16-24-60-59-23-14-15-26-68(59)75-70(60)67/h5-46H,1-4H3. The molecular weight excluding hydrogens is 925 g/mol. The van der Waals surface area contributed by atoms with Crippen LogP contribution in [-0.2, 0) is 10.8 Å². The Hall–Kier alpha value is -8.76. The molecule has 0 atom stereocenters. The van der Waals surface area contributed by atoms with Crippen LogP contribution in [0.1, 0.15) is 49.9 Å². The number of fused-ring (bicyclic) bond motifs is 7. The Labute approximate surface area is 444 Å². The number of benzene rings is 11. The van der Waals surface area contributed by atoms with Crippen LogP contribution in [0, 0.1) is 0 Å². The maximum atomic E-state index is 2.58. The molecule has 0 unspecified atom stereocenters. The predicted molar refractivity (Wildman–Crippen MR) is 320 cm³/mol. The fraction of sp³-hybridized carbons (Fsp3) is 0.0833. The molecular formula is C72H54N2S. The van der Waals surface area contributed by atoms with E-state index in [1.807, 2.05) is 11.3 Å². The van der Waals surface area contributed by atoms with Crippen molar-refractivity contribution in [2.75, 3.05) is 9.80 Å². The first-order valence-corrected chi connectivity index (χ1v) is 27.0. The van der Waals surface area contributed by atoms with E-state index >= 15 is 0 Å². The average molecular weight is 979 g/mol. The molecule has 11 aromatic carbocycles. The largest absolute Gasteiger partial charge is 0.309 e. The number of thiophene rings is 1. The molecule has 0 bridgehead atoms. The van der Waals surface area contributed by atoms with Crippen molar-refractivity contribution in [3.8, 4) is 55.6 Å². The van der Waals surface area contributed by atoms with Gasteiger partial charge >= 0.3 is 0 Å². The van der Waals surface area contributed by atoms with Gasteiger partial charge in [-0.3, -0.25) is 0 Å². The topological polar surface area (TPSA) is 6.48 Å². The Morgan fingerprint density at radius 3 is 1.19 bits per heavy atom. The van der Waals surface area contributed by atoms with Crippen molar-refractivity contribution in [1.29, 1.82) is 0 Å². The molecule has 3 heteroatoms. The van der Waals surface area contributed by atoms with Crippen LogP contribution in [-0.4, -0.2) is 0 Å². The normalized spacial score (nSPS) is 13.8. The van der Waals surface area contributed by atoms with Crippen molar-refractivity contribution < 1.29 is 0 Å². The van der Waals surface area contributed by atoms with E-state index in [0.717, 1.165) is 11.4 Å². The van der Waals surface area contributed by atoms with Gasteiger partial charge in [-0.1, -0.05) is 210 Å². The van der Waals surface area contributed by atoms with Gasteiger partial charge in [0.15, 0.2) is 0 Å². The van der Waals surface area contributed by atoms with Crippen molar-refractivity contribution in [1.82, 2.24) is 0 Å². The second-order valence-electron chi connectivity index (χ2n) is 21.3. The van der Waals surface area contributed by atoms with Crippen molar-refractivity contribution in [2.45, 2.75) is 38.5 Å². The van der Waals surface area contributed by atoms with E-state index in [-0.39, 0.29) is 10.8 Å². The summed E-state index contributed by atoms with van der Waals surface area (Å²) in [7, 11) is 0. The average Bonchev–Trinajstić information content (AvgIpc) is 3.87. The van der Waals surface area contributed by atoms with Crippen LogP contribution in [0.5, 0.6) is 0 Å². The molecule has 0 spiro atoms. The second-order valence-corrected chi connectivity index (χ2v) is 22.4. The molecule has 2 nitrogen and oxygen atoms in total. The summed E-state index contributed by atoms with van der Waals surface area (Å²) in [6.45, 7) is 9.70. The molecule has 2 aliphatic heterocycles. The summed E-state index contributed by atoms with van der Waals surface area (Å²) < 4.78 is 2.58. The number of rotatable bonds is 8. The molecule has 0 radical (unpaired) electrons. The molecule has 12 aromatic rings. The lowest BCUT2D eigenvalue weighted by Gasteiger charge is -2.50. The summed E-state index contributed by atoms with van der Waals surface area (Å²) >= 11 is 1.87. The molecule has 0 saturated heterocycles. The van der Waals surface area contributed by atoms with E-state index in [1.54, 1.807) is 0 Å². The summed E-state index contributed by atoms with van der Waals surface area (Å²) in [5, 5.41) is 2.58. The lowest BCUT2D eigenvalue weighted by molar-refractivity contribution is 0.598. The molecule has 3 heterocycles. The summed E-state index contributed by atoms with van der Waals surface area (Å²) in [6.07, 6.45) is 0. The van der Waals surface area contributed by atoms with Crippen molar-refractivity contribution in [3.05, 3.63) is 277 Å². The van der Waals surface area contributed by atoms with Gasteiger partial charge in [0, 0.05) is 37.7 Å². The van der Waals surface area contributed by atoms with Crippen LogP contribution in [0.25, 0.3) is 75.8 Å². The Bertz CT molecular complexity index is 4010. The third-order valence-electron chi connectivity index (χ3n) is 16.3. The Kier molecular flexibility index (Phi) is 10.4. The summed E-state index contributed by atoms with van der Waals surface area (Å²) in [4.78, 5) is 5.00. The van der Waals surface area contributed by atoms with Crippen molar-refractivity contribution in [3.63, 3.8) is 0 Å². The van der Waals surface area contributed by atoms with Gasteiger partial charge in [0.1, 0.15) is 0 Å². The Balaban J connectivity index is 0.854. The van der Waals surface area contributed by atoms with Crippen LogP contribution in [0.15, 0.2) is 255 Å². The summed E-state index contributed by atoms with van der Waals surface area (Å²) in [5.74, 6) is 0. The van der Waals surface area contributed by atoms with E-state index in [2.05, 4.69) is 292 Å². The minimum Gasteiger partial charge on any atom is -0.309 e. The van der Waals surface area contributed by atoms with Gasteiger partial charge in [-0.15, -0.1) is 11.3 Å². The van der Waals surface area contributed by atoms with Crippen molar-refractivity contribution in [2.24, 2.45) is 0 Å². The Morgan fingerprint density at radius 1 is 0.320 bits per heavy atom. The molecule has 0 aliphatic carbocycles. The molecule has 1 aromatic heterocycles. The van der Waals surface area contributed by atoms with E-state index in [1.165, 1.54) is 121 Å². The maximum absolute atomic E-state index is 2.58. The number of anilines is 6. The zero-order valence-electron chi connectivity index (χ0n) is 42.6. The molecule has 0 fully saturated rings. The first kappa shape index (κ1) is 44.9. The van der Waals surface area contributed by atoms with Crippen molar-refractivity contribution >= 4 is 65.6 Å². The van der Waals surface area contributed by atoms with Crippen LogP contribution in [0.4, 0.5) is 34.1 Å². The zero-order chi connectivity index (χ0) is 50.4. The van der Waals surface area contributed by atoms with Gasteiger partial charge in [0.05, 0.1) is 27.4 Å². The molecule has 0 amide bonds. The van der Waals surface area contributed by atoms with E-state index < -0.39 is 0 Å². The smallest absolute Gasteiger partial charge is 0.0640 e. The van der Waals surface area contributed by atoms with Crippen LogP contribution >= 0.6 is 11.3 Å². The van der Waals surface area contributed by atoms with E-state index in [9.17, 15) is 0 Å². The first-order chi connectivity index (χ1) is 36.7. The van der Waals surface area contributed by atoms with Crippen LogP contribution in [0.3, 0.4) is 0 Å². The molecule has 14 rings (SSSR count). The molecule has 0 saturated carbocycles. The highest BCUT2D eigenvalue weighted by atomic mass is 32.1. The SMILES string of the molecule is CC1(C)c2cc(-c3ccccc3)ccc2N2c3ccc(-c4ccccc4)cc3C(C)(C)c3cc(-c4ccc(-c5ccc(N(c6ccc(-c7ccccc7)cc6)c6cccc7c6sc6ccccc67)cc5)cc4)cc1c32. The monoisotopic (exact) mass is 978 g/mol. The zero-order valence-corrected chi connectivity index (χ0v) is 43.4. The maximum Gasteiger partial charge on any atom is 0.0640 e. The van der Waals surface area contributed by atoms with Crippen LogP contribution < -0.4 is 9.80 Å². The summed E-state index contributed by atoms with van der Waals surface area (Å²) in [5.41, 5.74) is 24.2. The highest BCUT2D eigenvalue weighted by molar-refractivity contribution is 7.26. The number of nitrogens with zero attached hydrogens (tertiary/aromatic N) is 2.